The molecule has 0 radical (unpaired) electrons. The topological polar surface area (TPSA) is 78.7 Å². The fourth-order valence-corrected chi connectivity index (χ4v) is 5.56. The molecule has 0 saturated carbocycles. The molecule has 2 aromatic rings. The second-order valence-corrected chi connectivity index (χ2v) is 8.69. The number of thioether (sulfide) groups is 1. The molecule has 2 aliphatic rings. The van der Waals surface area contributed by atoms with Gasteiger partial charge in [0.2, 0.25) is 0 Å². The molecule has 1 aromatic carbocycles. The fourth-order valence-electron chi connectivity index (χ4n) is 3.58. The molecule has 3 heterocycles. The van der Waals surface area contributed by atoms with Gasteiger partial charge in [-0.05, 0) is 28.9 Å². The van der Waals surface area contributed by atoms with Crippen LogP contribution in [0, 0.1) is 0 Å². The van der Waals surface area contributed by atoms with Crippen LogP contribution in [-0.2, 0) is 6.54 Å². The highest BCUT2D eigenvalue weighted by atomic mass is 79.9. The summed E-state index contributed by atoms with van der Waals surface area (Å²) in [6.07, 6.45) is -0.926. The third-order valence-corrected chi connectivity index (χ3v) is 7.51. The summed E-state index contributed by atoms with van der Waals surface area (Å²) in [7, 11) is 0. The van der Waals surface area contributed by atoms with E-state index in [2.05, 4.69) is 20.9 Å². The molecule has 7 nitrogen and oxygen atoms in total. The number of carboxylic acid groups (broad SMARTS) is 1. The van der Waals surface area contributed by atoms with Gasteiger partial charge in [0.05, 0.1) is 15.0 Å². The highest BCUT2D eigenvalue weighted by molar-refractivity contribution is 9.10. The number of halogens is 2. The standard InChI is InChI=1S/C16H16BrClN4O3S/c1-8-7-20(16(24)25)2-3-21(8)14-9-6-10(18)11(17)13-12(9)22(4-5-26-13)15(23)19-14/h6,8H,2-5,7H2,1H3,(H,24,25). The highest BCUT2D eigenvalue weighted by Gasteiger charge is 2.31. The molecule has 1 fully saturated rings. The maximum Gasteiger partial charge on any atom is 0.407 e. The van der Waals surface area contributed by atoms with Crippen molar-refractivity contribution in [1.29, 1.82) is 0 Å². The van der Waals surface area contributed by atoms with Gasteiger partial charge in [-0.25, -0.2) is 9.59 Å². The Balaban J connectivity index is 1.90. The van der Waals surface area contributed by atoms with Crippen LogP contribution in [0.4, 0.5) is 10.6 Å². The molecule has 1 N–H and O–H groups in total. The van der Waals surface area contributed by atoms with Gasteiger partial charge >= 0.3 is 11.8 Å². The lowest BCUT2D eigenvalue weighted by Crippen LogP contribution is -2.54. The van der Waals surface area contributed by atoms with Crippen LogP contribution in [0.2, 0.25) is 5.02 Å². The molecular weight excluding hydrogens is 444 g/mol. The number of anilines is 1. The fraction of sp³-hybridized carbons (Fsp3) is 0.438. The molecule has 10 heteroatoms. The number of aryl methyl sites for hydroxylation is 1. The van der Waals surface area contributed by atoms with Crippen LogP contribution in [-0.4, -0.2) is 57.1 Å². The van der Waals surface area contributed by atoms with E-state index in [1.165, 1.54) is 4.90 Å². The quantitative estimate of drug-likeness (QED) is 0.706. The van der Waals surface area contributed by atoms with Crippen LogP contribution in [0.1, 0.15) is 6.92 Å². The van der Waals surface area contributed by atoms with Gasteiger partial charge in [-0.3, -0.25) is 4.57 Å². The van der Waals surface area contributed by atoms with E-state index in [0.29, 0.717) is 37.0 Å². The van der Waals surface area contributed by atoms with E-state index in [1.807, 2.05) is 17.9 Å². The summed E-state index contributed by atoms with van der Waals surface area (Å²) in [4.78, 5) is 32.6. The van der Waals surface area contributed by atoms with Crippen LogP contribution in [0.25, 0.3) is 10.9 Å². The van der Waals surface area contributed by atoms with Crippen molar-refractivity contribution in [2.45, 2.75) is 24.4 Å². The first kappa shape index (κ1) is 17.9. The van der Waals surface area contributed by atoms with Crippen molar-refractivity contribution in [3.05, 3.63) is 26.0 Å². The Labute approximate surface area is 167 Å². The lowest BCUT2D eigenvalue weighted by molar-refractivity contribution is 0.136. The molecule has 1 atom stereocenters. The molecule has 1 amide bonds. The van der Waals surface area contributed by atoms with Gasteiger partial charge in [0.25, 0.3) is 0 Å². The Kier molecular flexibility index (Phi) is 4.56. The summed E-state index contributed by atoms with van der Waals surface area (Å²) < 4.78 is 2.50. The minimum absolute atomic E-state index is 0.0905. The zero-order valence-corrected chi connectivity index (χ0v) is 17.1. The average molecular weight is 460 g/mol. The Morgan fingerprint density at radius 3 is 2.88 bits per heavy atom. The third kappa shape index (κ3) is 2.76. The molecule has 1 aromatic heterocycles. The number of benzene rings is 1. The Morgan fingerprint density at radius 2 is 2.19 bits per heavy atom. The number of hydrogen-bond donors (Lipinski definition) is 1. The molecule has 4 rings (SSSR count). The van der Waals surface area contributed by atoms with E-state index in [-0.39, 0.29) is 11.7 Å². The maximum atomic E-state index is 12.7. The Morgan fingerprint density at radius 1 is 1.42 bits per heavy atom. The number of nitrogens with zero attached hydrogens (tertiary/aromatic N) is 4. The Bertz CT molecular complexity index is 982. The molecule has 1 unspecified atom stereocenters. The van der Waals surface area contributed by atoms with Gasteiger partial charge in [-0.1, -0.05) is 11.6 Å². The van der Waals surface area contributed by atoms with Crippen molar-refractivity contribution in [3.63, 3.8) is 0 Å². The zero-order chi connectivity index (χ0) is 18.6. The monoisotopic (exact) mass is 458 g/mol. The van der Waals surface area contributed by atoms with Gasteiger partial charge in [0.15, 0.2) is 0 Å². The van der Waals surface area contributed by atoms with Crippen molar-refractivity contribution in [3.8, 4) is 0 Å². The summed E-state index contributed by atoms with van der Waals surface area (Å²) >= 11 is 11.6. The molecule has 2 aliphatic heterocycles. The van der Waals surface area contributed by atoms with Gasteiger partial charge in [0, 0.05) is 48.3 Å². The highest BCUT2D eigenvalue weighted by Crippen LogP contribution is 2.43. The third-order valence-electron chi connectivity index (χ3n) is 4.82. The number of rotatable bonds is 1. The number of aromatic nitrogens is 2. The number of amides is 1. The van der Waals surface area contributed by atoms with E-state index in [9.17, 15) is 14.7 Å². The van der Waals surface area contributed by atoms with Crippen molar-refractivity contribution >= 4 is 62.1 Å². The second-order valence-electron chi connectivity index (χ2n) is 6.39. The molecule has 138 valence electrons. The van der Waals surface area contributed by atoms with E-state index in [0.717, 1.165) is 26.0 Å². The lowest BCUT2D eigenvalue weighted by atomic mass is 10.1. The van der Waals surface area contributed by atoms with E-state index in [4.69, 9.17) is 11.6 Å². The molecule has 0 aliphatic carbocycles. The summed E-state index contributed by atoms with van der Waals surface area (Å²) in [5.41, 5.74) is 0.566. The van der Waals surface area contributed by atoms with Crippen molar-refractivity contribution < 1.29 is 9.90 Å². The molecule has 0 spiro atoms. The largest absolute Gasteiger partial charge is 0.465 e. The van der Waals surface area contributed by atoms with E-state index >= 15 is 0 Å². The summed E-state index contributed by atoms with van der Waals surface area (Å²) in [6.45, 7) is 3.77. The number of carbonyl (C=O) groups is 1. The lowest BCUT2D eigenvalue weighted by Gasteiger charge is -2.40. The van der Waals surface area contributed by atoms with Crippen LogP contribution < -0.4 is 10.6 Å². The van der Waals surface area contributed by atoms with Crippen LogP contribution >= 0.6 is 39.3 Å². The maximum absolute atomic E-state index is 12.7. The van der Waals surface area contributed by atoms with Crippen molar-refractivity contribution in [2.24, 2.45) is 0 Å². The minimum Gasteiger partial charge on any atom is -0.465 e. The average Bonchev–Trinajstić information content (AvgIpc) is 2.61. The number of hydrogen-bond acceptors (Lipinski definition) is 5. The van der Waals surface area contributed by atoms with Crippen LogP contribution in [0.3, 0.4) is 0 Å². The van der Waals surface area contributed by atoms with Gasteiger partial charge in [0.1, 0.15) is 5.82 Å². The first-order chi connectivity index (χ1) is 12.4. The van der Waals surface area contributed by atoms with Crippen molar-refractivity contribution in [1.82, 2.24) is 14.5 Å². The SMILES string of the molecule is CC1CN(C(=O)O)CCN1c1nc(=O)n2c3c(c(Br)c(Cl)cc13)SCC2. The zero-order valence-electron chi connectivity index (χ0n) is 13.9. The molecule has 0 bridgehead atoms. The first-order valence-electron chi connectivity index (χ1n) is 8.18. The number of piperazine rings is 1. The van der Waals surface area contributed by atoms with Gasteiger partial charge in [-0.15, -0.1) is 11.8 Å². The van der Waals surface area contributed by atoms with E-state index < -0.39 is 6.09 Å². The molecular formula is C16H16BrClN4O3S. The first-order valence-corrected chi connectivity index (χ1v) is 10.3. The van der Waals surface area contributed by atoms with Crippen LogP contribution in [0.15, 0.2) is 20.2 Å². The smallest absolute Gasteiger partial charge is 0.407 e. The summed E-state index contributed by atoms with van der Waals surface area (Å²) in [5.74, 6) is 1.37. The normalized spacial score (nSPS) is 19.9. The molecule has 1 saturated heterocycles. The molecule has 26 heavy (non-hydrogen) atoms. The predicted molar refractivity (Wildman–Crippen MR) is 106 cm³/mol. The van der Waals surface area contributed by atoms with E-state index in [1.54, 1.807) is 16.3 Å². The second kappa shape index (κ2) is 6.61. The van der Waals surface area contributed by atoms with Crippen molar-refractivity contribution in [2.75, 3.05) is 30.3 Å². The minimum atomic E-state index is -0.926. The predicted octanol–water partition coefficient (Wildman–Crippen LogP) is 3.11. The Hall–Kier alpha value is -1.45. The summed E-state index contributed by atoms with van der Waals surface area (Å²) in [5, 5.41) is 10.6. The van der Waals surface area contributed by atoms with Gasteiger partial charge in [-0.2, -0.15) is 4.98 Å². The summed E-state index contributed by atoms with van der Waals surface area (Å²) in [6, 6.07) is 1.75. The van der Waals surface area contributed by atoms with Crippen LogP contribution in [0.5, 0.6) is 0 Å². The van der Waals surface area contributed by atoms with Gasteiger partial charge < -0.3 is 14.9 Å².